The fourth-order valence-electron chi connectivity index (χ4n) is 1.16. The Kier molecular flexibility index (Phi) is 4.16. The summed E-state index contributed by atoms with van der Waals surface area (Å²) in [5.74, 6) is 0.833. The summed E-state index contributed by atoms with van der Waals surface area (Å²) in [4.78, 5) is 10.8. The Balaban J connectivity index is 0.000000640. The van der Waals surface area contributed by atoms with Crippen molar-refractivity contribution in [1.82, 2.24) is 0 Å². The van der Waals surface area contributed by atoms with E-state index < -0.39 is 0 Å². The molecule has 1 nitrogen and oxygen atoms in total. The molecule has 9 heavy (non-hydrogen) atoms. The van der Waals surface area contributed by atoms with Crippen LogP contribution in [0.5, 0.6) is 0 Å². The Bertz CT molecular complexity index is 101. The summed E-state index contributed by atoms with van der Waals surface area (Å²) in [5.41, 5.74) is 0. The third-order valence-corrected chi connectivity index (χ3v) is 1.86. The first-order valence-corrected chi connectivity index (χ1v) is 3.33. The summed E-state index contributed by atoms with van der Waals surface area (Å²) < 4.78 is 0. The number of Topliss-reactive ketones (excluding diaryl/α,β-unsaturated/α-hetero) is 1. The third-order valence-electron chi connectivity index (χ3n) is 1.86. The molecule has 54 valence electrons. The van der Waals surface area contributed by atoms with Gasteiger partial charge in [0.2, 0.25) is 0 Å². The second-order valence-corrected chi connectivity index (χ2v) is 2.61. The molecular formula is C7H12FeO. The van der Waals surface area contributed by atoms with Gasteiger partial charge in [-0.3, -0.25) is 4.79 Å². The Morgan fingerprint density at radius 2 is 2.11 bits per heavy atom. The van der Waals surface area contributed by atoms with Gasteiger partial charge in [0.15, 0.2) is 0 Å². The van der Waals surface area contributed by atoms with Crippen LogP contribution in [0.2, 0.25) is 0 Å². The Morgan fingerprint density at radius 3 is 2.44 bits per heavy atom. The van der Waals surface area contributed by atoms with Crippen molar-refractivity contribution in [2.45, 2.75) is 32.6 Å². The molecule has 0 aromatic heterocycles. The molecule has 1 aliphatic rings. The van der Waals surface area contributed by atoms with Crippen LogP contribution in [0, 0.1) is 5.92 Å². The van der Waals surface area contributed by atoms with E-state index in [1.807, 2.05) is 6.92 Å². The summed E-state index contributed by atoms with van der Waals surface area (Å²) in [6, 6.07) is 0. The van der Waals surface area contributed by atoms with Gasteiger partial charge < -0.3 is 0 Å². The van der Waals surface area contributed by atoms with Crippen LogP contribution in [0.25, 0.3) is 0 Å². The van der Waals surface area contributed by atoms with Crippen molar-refractivity contribution in [2.75, 3.05) is 0 Å². The molecule has 1 aliphatic carbocycles. The summed E-state index contributed by atoms with van der Waals surface area (Å²) in [6.45, 7) is 2.03. The van der Waals surface area contributed by atoms with Crippen molar-refractivity contribution >= 4 is 5.78 Å². The van der Waals surface area contributed by atoms with E-state index >= 15 is 0 Å². The largest absolute Gasteiger partial charge is 0.299 e. The van der Waals surface area contributed by atoms with E-state index in [2.05, 4.69) is 0 Å². The van der Waals surface area contributed by atoms with Gasteiger partial charge in [0.1, 0.15) is 5.78 Å². The molecule has 0 heterocycles. The zero-order chi connectivity index (χ0) is 5.98. The Labute approximate surface area is 66.7 Å². The molecule has 0 saturated heterocycles. The number of rotatable bonds is 0. The van der Waals surface area contributed by atoms with Gasteiger partial charge in [-0.05, 0) is 12.8 Å². The van der Waals surface area contributed by atoms with E-state index in [1.54, 1.807) is 0 Å². The molecule has 0 bridgehead atoms. The van der Waals surface area contributed by atoms with Crippen molar-refractivity contribution in [3.05, 3.63) is 0 Å². The zero-order valence-electron chi connectivity index (χ0n) is 5.67. The van der Waals surface area contributed by atoms with E-state index in [0.717, 1.165) is 19.3 Å². The van der Waals surface area contributed by atoms with Crippen molar-refractivity contribution in [3.63, 3.8) is 0 Å². The first-order valence-electron chi connectivity index (χ1n) is 3.33. The maximum Gasteiger partial charge on any atom is 0.135 e. The number of carbonyl (C=O) groups excluding carboxylic acids is 1. The topological polar surface area (TPSA) is 17.1 Å². The number of hydrogen-bond donors (Lipinski definition) is 0. The normalized spacial score (nSPS) is 27.2. The molecule has 2 heteroatoms. The first kappa shape index (κ1) is 9.19. The van der Waals surface area contributed by atoms with Gasteiger partial charge >= 0.3 is 0 Å². The van der Waals surface area contributed by atoms with Crippen LogP contribution < -0.4 is 0 Å². The molecule has 0 amide bonds. The molecule has 0 aromatic carbocycles. The van der Waals surface area contributed by atoms with Crippen LogP contribution in [-0.2, 0) is 21.9 Å². The molecule has 1 atom stereocenters. The maximum atomic E-state index is 10.8. The average Bonchev–Trinajstić information content (AvgIpc) is 1.77. The van der Waals surface area contributed by atoms with Crippen LogP contribution in [0.1, 0.15) is 32.6 Å². The van der Waals surface area contributed by atoms with Gasteiger partial charge in [0, 0.05) is 29.4 Å². The number of hydrogen-bond acceptors (Lipinski definition) is 1. The van der Waals surface area contributed by atoms with Crippen LogP contribution in [-0.4, -0.2) is 5.78 Å². The number of carbonyl (C=O) groups is 1. The predicted octanol–water partition coefficient (Wildman–Crippen LogP) is 1.76. The van der Waals surface area contributed by atoms with Crippen LogP contribution in [0.15, 0.2) is 0 Å². The first-order chi connectivity index (χ1) is 3.80. The smallest absolute Gasteiger partial charge is 0.135 e. The predicted molar refractivity (Wildman–Crippen MR) is 32.6 cm³/mol. The third kappa shape index (κ3) is 2.51. The zero-order valence-corrected chi connectivity index (χ0v) is 6.77. The Morgan fingerprint density at radius 1 is 1.44 bits per heavy atom. The van der Waals surface area contributed by atoms with Gasteiger partial charge in [-0.1, -0.05) is 13.3 Å². The van der Waals surface area contributed by atoms with Gasteiger partial charge in [-0.15, -0.1) is 0 Å². The minimum atomic E-state index is 0. The van der Waals surface area contributed by atoms with Crippen molar-refractivity contribution < 1.29 is 21.9 Å². The SMILES string of the molecule is CC1CCCCC1=O.[Fe]. The van der Waals surface area contributed by atoms with E-state index in [4.69, 9.17) is 0 Å². The minimum absolute atomic E-state index is 0. The molecule has 1 fully saturated rings. The minimum Gasteiger partial charge on any atom is -0.299 e. The van der Waals surface area contributed by atoms with Gasteiger partial charge in [-0.2, -0.15) is 0 Å². The molecule has 0 aromatic rings. The summed E-state index contributed by atoms with van der Waals surface area (Å²) in [7, 11) is 0. The maximum absolute atomic E-state index is 10.8. The summed E-state index contributed by atoms with van der Waals surface area (Å²) in [5, 5.41) is 0. The van der Waals surface area contributed by atoms with E-state index in [1.165, 1.54) is 6.42 Å². The monoisotopic (exact) mass is 168 g/mol. The van der Waals surface area contributed by atoms with Crippen molar-refractivity contribution in [2.24, 2.45) is 5.92 Å². The van der Waals surface area contributed by atoms with Gasteiger partial charge in [-0.25, -0.2) is 0 Å². The van der Waals surface area contributed by atoms with Gasteiger partial charge in [0.25, 0.3) is 0 Å². The van der Waals surface area contributed by atoms with Gasteiger partial charge in [0.05, 0.1) is 0 Å². The quantitative estimate of drug-likeness (QED) is 0.503. The molecule has 0 aliphatic heterocycles. The molecule has 1 rings (SSSR count). The van der Waals surface area contributed by atoms with E-state index in [-0.39, 0.29) is 17.1 Å². The number of ketones is 1. The molecule has 0 N–H and O–H groups in total. The second kappa shape index (κ2) is 4.08. The summed E-state index contributed by atoms with van der Waals surface area (Å²) in [6.07, 6.45) is 4.34. The van der Waals surface area contributed by atoms with Crippen molar-refractivity contribution in [1.29, 1.82) is 0 Å². The fourth-order valence-corrected chi connectivity index (χ4v) is 1.16. The standard InChI is InChI=1S/C7H12O.Fe/c1-6-4-2-3-5-7(6)8;/h6H,2-5H2,1H3;. The molecule has 1 saturated carbocycles. The fraction of sp³-hybridized carbons (Fsp3) is 0.857. The Hall–Kier alpha value is 0.189. The summed E-state index contributed by atoms with van der Waals surface area (Å²) >= 11 is 0. The van der Waals surface area contributed by atoms with E-state index in [9.17, 15) is 4.79 Å². The van der Waals surface area contributed by atoms with Crippen molar-refractivity contribution in [3.8, 4) is 0 Å². The molecule has 0 spiro atoms. The van der Waals surface area contributed by atoms with Crippen LogP contribution in [0.3, 0.4) is 0 Å². The molecular weight excluding hydrogens is 156 g/mol. The van der Waals surface area contributed by atoms with E-state index in [0.29, 0.717) is 11.7 Å². The second-order valence-electron chi connectivity index (χ2n) is 2.61. The molecule has 0 radical (unpaired) electrons. The average molecular weight is 168 g/mol. The molecule has 1 unspecified atom stereocenters. The van der Waals surface area contributed by atoms with Crippen LogP contribution >= 0.6 is 0 Å². The van der Waals surface area contributed by atoms with Crippen LogP contribution in [0.4, 0.5) is 0 Å².